The van der Waals surface area contributed by atoms with Crippen LogP contribution in [0.4, 0.5) is 4.39 Å². The van der Waals surface area contributed by atoms with E-state index in [2.05, 4.69) is 5.32 Å². The van der Waals surface area contributed by atoms with Crippen molar-refractivity contribution in [2.75, 3.05) is 0 Å². The van der Waals surface area contributed by atoms with Gasteiger partial charge in [0.25, 0.3) is 0 Å². The highest BCUT2D eigenvalue weighted by molar-refractivity contribution is 5.87. The van der Waals surface area contributed by atoms with Crippen LogP contribution < -0.4 is 5.32 Å². The summed E-state index contributed by atoms with van der Waals surface area (Å²) in [5.74, 6) is -0.557. The zero-order valence-electron chi connectivity index (χ0n) is 13.7. The van der Waals surface area contributed by atoms with E-state index in [0.29, 0.717) is 19.4 Å². The first kappa shape index (κ1) is 18.1. The summed E-state index contributed by atoms with van der Waals surface area (Å²) < 4.78 is 13.0. The molecule has 0 saturated heterocycles. The normalized spacial score (nSPS) is 12.1. The molecule has 0 bridgehead atoms. The lowest BCUT2D eigenvalue weighted by molar-refractivity contribution is -0.141. The monoisotopic (exact) mass is 308 g/mol. The van der Waals surface area contributed by atoms with E-state index in [-0.39, 0.29) is 23.7 Å². The highest BCUT2D eigenvalue weighted by Crippen LogP contribution is 2.14. The minimum atomic E-state index is -0.514. The number of hydrogen-bond acceptors (Lipinski definition) is 2. The van der Waals surface area contributed by atoms with E-state index in [4.69, 9.17) is 0 Å². The number of benzene rings is 1. The number of nitrogens with one attached hydrogen (secondary N) is 1. The Morgan fingerprint density at radius 2 is 1.77 bits per heavy atom. The first-order valence-electron chi connectivity index (χ1n) is 7.73. The van der Waals surface area contributed by atoms with E-state index in [0.717, 1.165) is 5.56 Å². The Labute approximate surface area is 131 Å². The third kappa shape index (κ3) is 5.13. The fourth-order valence-electron chi connectivity index (χ4n) is 2.29. The lowest BCUT2D eigenvalue weighted by Crippen LogP contribution is -2.50. The van der Waals surface area contributed by atoms with Crippen LogP contribution in [0, 0.1) is 5.82 Å². The molecule has 1 rings (SSSR count). The summed E-state index contributed by atoms with van der Waals surface area (Å²) in [5, 5.41) is 2.86. The third-order valence-electron chi connectivity index (χ3n) is 3.39. The van der Waals surface area contributed by atoms with Crippen LogP contribution in [-0.2, 0) is 16.1 Å². The Morgan fingerprint density at radius 1 is 1.18 bits per heavy atom. The molecule has 0 spiro atoms. The molecule has 1 aromatic carbocycles. The molecule has 1 aromatic rings. The van der Waals surface area contributed by atoms with Crippen LogP contribution in [0.2, 0.25) is 0 Å². The van der Waals surface area contributed by atoms with Crippen molar-refractivity contribution in [1.29, 1.82) is 0 Å². The molecule has 2 amide bonds. The molecule has 0 aromatic heterocycles. The number of rotatable bonds is 7. The van der Waals surface area contributed by atoms with Crippen LogP contribution >= 0.6 is 0 Å². The Balaban J connectivity index is 2.97. The minimum absolute atomic E-state index is 0.0194. The molecule has 1 N–H and O–H groups in total. The topological polar surface area (TPSA) is 49.4 Å². The van der Waals surface area contributed by atoms with Crippen LogP contribution in [0.25, 0.3) is 0 Å². The molecular weight excluding hydrogens is 283 g/mol. The van der Waals surface area contributed by atoms with E-state index in [9.17, 15) is 14.0 Å². The molecule has 0 aliphatic carbocycles. The number of carbonyl (C=O) groups excluding carboxylic acids is 2. The Kier molecular flexibility index (Phi) is 7.02. The molecule has 1 atom stereocenters. The van der Waals surface area contributed by atoms with Gasteiger partial charge in [0.2, 0.25) is 11.8 Å². The molecule has 0 aliphatic rings. The Bertz CT molecular complexity index is 500. The van der Waals surface area contributed by atoms with Gasteiger partial charge in [0.1, 0.15) is 11.9 Å². The maximum atomic E-state index is 13.0. The van der Waals surface area contributed by atoms with E-state index >= 15 is 0 Å². The standard InChI is InChI=1S/C17H25FN2O2/c1-5-15(17(22)19-12(3)4)20(16(21)6-2)11-13-7-9-14(18)10-8-13/h7-10,12,15H,5-6,11H2,1-4H3,(H,19,22)/t15-/m0/s1. The van der Waals surface area contributed by atoms with Crippen LogP contribution in [0.5, 0.6) is 0 Å². The lowest BCUT2D eigenvalue weighted by atomic mass is 10.1. The molecule has 122 valence electrons. The highest BCUT2D eigenvalue weighted by Gasteiger charge is 2.27. The predicted octanol–water partition coefficient (Wildman–Crippen LogP) is 2.87. The molecule has 0 saturated carbocycles. The predicted molar refractivity (Wildman–Crippen MR) is 84.6 cm³/mol. The third-order valence-corrected chi connectivity index (χ3v) is 3.39. The largest absolute Gasteiger partial charge is 0.352 e. The van der Waals surface area contributed by atoms with Crippen molar-refractivity contribution >= 4 is 11.8 Å². The van der Waals surface area contributed by atoms with Crippen molar-refractivity contribution in [3.05, 3.63) is 35.6 Å². The van der Waals surface area contributed by atoms with Crippen molar-refractivity contribution in [2.24, 2.45) is 0 Å². The summed E-state index contributed by atoms with van der Waals surface area (Å²) in [5.41, 5.74) is 0.805. The number of hydrogen-bond donors (Lipinski definition) is 1. The second-order valence-electron chi connectivity index (χ2n) is 5.59. The van der Waals surface area contributed by atoms with Crippen LogP contribution in [0.3, 0.4) is 0 Å². The molecule has 22 heavy (non-hydrogen) atoms. The van der Waals surface area contributed by atoms with Gasteiger partial charge in [0.05, 0.1) is 0 Å². The maximum absolute atomic E-state index is 13.0. The average Bonchev–Trinajstić information content (AvgIpc) is 2.47. The van der Waals surface area contributed by atoms with Gasteiger partial charge in [0.15, 0.2) is 0 Å². The average molecular weight is 308 g/mol. The van der Waals surface area contributed by atoms with Gasteiger partial charge in [-0.1, -0.05) is 26.0 Å². The molecule has 0 unspecified atom stereocenters. The molecular formula is C17H25FN2O2. The molecule has 5 heteroatoms. The summed E-state index contributed by atoms with van der Waals surface area (Å²) in [6, 6.07) is 5.50. The van der Waals surface area contributed by atoms with Crippen molar-refractivity contribution in [2.45, 2.75) is 59.2 Å². The number of halogens is 1. The molecule has 4 nitrogen and oxygen atoms in total. The Morgan fingerprint density at radius 3 is 2.23 bits per heavy atom. The van der Waals surface area contributed by atoms with Crippen molar-refractivity contribution in [1.82, 2.24) is 10.2 Å². The van der Waals surface area contributed by atoms with E-state index in [1.807, 2.05) is 20.8 Å². The van der Waals surface area contributed by atoms with Crippen molar-refractivity contribution < 1.29 is 14.0 Å². The van der Waals surface area contributed by atoms with Crippen LogP contribution in [0.15, 0.2) is 24.3 Å². The van der Waals surface area contributed by atoms with Crippen molar-refractivity contribution in [3.8, 4) is 0 Å². The summed E-state index contributed by atoms with van der Waals surface area (Å²) in [6.07, 6.45) is 0.859. The highest BCUT2D eigenvalue weighted by atomic mass is 19.1. The second kappa shape index (κ2) is 8.51. The Hall–Kier alpha value is -1.91. The van der Waals surface area contributed by atoms with Gasteiger partial charge in [-0.15, -0.1) is 0 Å². The number of nitrogens with zero attached hydrogens (tertiary/aromatic N) is 1. The van der Waals surface area contributed by atoms with Gasteiger partial charge in [-0.05, 0) is 38.0 Å². The van der Waals surface area contributed by atoms with Crippen LogP contribution in [-0.4, -0.2) is 28.8 Å². The fourth-order valence-corrected chi connectivity index (χ4v) is 2.29. The second-order valence-corrected chi connectivity index (χ2v) is 5.59. The van der Waals surface area contributed by atoms with Gasteiger partial charge < -0.3 is 10.2 Å². The quantitative estimate of drug-likeness (QED) is 0.842. The first-order chi connectivity index (χ1) is 10.4. The number of amides is 2. The minimum Gasteiger partial charge on any atom is -0.352 e. The summed E-state index contributed by atoms with van der Waals surface area (Å²) >= 11 is 0. The van der Waals surface area contributed by atoms with Gasteiger partial charge in [-0.25, -0.2) is 4.39 Å². The van der Waals surface area contributed by atoms with Crippen molar-refractivity contribution in [3.63, 3.8) is 0 Å². The van der Waals surface area contributed by atoms with Gasteiger partial charge >= 0.3 is 0 Å². The smallest absolute Gasteiger partial charge is 0.243 e. The molecule has 0 heterocycles. The fraction of sp³-hybridized carbons (Fsp3) is 0.529. The van der Waals surface area contributed by atoms with E-state index in [1.165, 1.54) is 12.1 Å². The first-order valence-corrected chi connectivity index (χ1v) is 7.73. The van der Waals surface area contributed by atoms with Gasteiger partial charge in [0, 0.05) is 19.0 Å². The summed E-state index contributed by atoms with van der Waals surface area (Å²) in [6.45, 7) is 7.72. The van der Waals surface area contributed by atoms with Gasteiger partial charge in [-0.3, -0.25) is 9.59 Å². The van der Waals surface area contributed by atoms with Gasteiger partial charge in [-0.2, -0.15) is 0 Å². The zero-order valence-corrected chi connectivity index (χ0v) is 13.7. The number of carbonyl (C=O) groups is 2. The SMILES string of the molecule is CCC(=O)N(Cc1ccc(F)cc1)[C@@H](CC)C(=O)NC(C)C. The molecule has 0 aliphatic heterocycles. The van der Waals surface area contributed by atoms with Crippen LogP contribution in [0.1, 0.15) is 46.1 Å². The van der Waals surface area contributed by atoms with E-state index in [1.54, 1.807) is 24.0 Å². The maximum Gasteiger partial charge on any atom is 0.243 e. The lowest BCUT2D eigenvalue weighted by Gasteiger charge is -2.31. The summed E-state index contributed by atoms with van der Waals surface area (Å²) in [7, 11) is 0. The molecule has 0 fully saturated rings. The summed E-state index contributed by atoms with van der Waals surface area (Å²) in [4.78, 5) is 26.1. The molecule has 0 radical (unpaired) electrons. The van der Waals surface area contributed by atoms with E-state index < -0.39 is 6.04 Å². The zero-order chi connectivity index (χ0) is 16.7.